The van der Waals surface area contributed by atoms with Crippen molar-refractivity contribution in [2.24, 2.45) is 0 Å². The van der Waals surface area contributed by atoms with Crippen molar-refractivity contribution in [3.05, 3.63) is 51.2 Å². The van der Waals surface area contributed by atoms with Crippen molar-refractivity contribution in [3.63, 3.8) is 0 Å². The number of halogens is 1. The van der Waals surface area contributed by atoms with E-state index in [2.05, 4.69) is 33.6 Å². The van der Waals surface area contributed by atoms with E-state index >= 15 is 0 Å². The van der Waals surface area contributed by atoms with Crippen LogP contribution in [0, 0.1) is 3.57 Å². The molecule has 0 radical (unpaired) electrons. The van der Waals surface area contributed by atoms with Crippen LogP contribution in [0.4, 0.5) is 0 Å². The molecule has 0 saturated heterocycles. The number of rotatable bonds is 2. The molecule has 0 fully saturated rings. The van der Waals surface area contributed by atoms with Crippen molar-refractivity contribution in [2.75, 3.05) is 0 Å². The maximum Gasteiger partial charge on any atom is 0.219 e. The van der Waals surface area contributed by atoms with Gasteiger partial charge in [-0.3, -0.25) is 0 Å². The van der Waals surface area contributed by atoms with E-state index in [0.717, 1.165) is 18.6 Å². The number of fused-ring (bicyclic) bond motifs is 1. The first-order chi connectivity index (χ1) is 8.31. The Balaban J connectivity index is 1.86. The Labute approximate surface area is 114 Å². The average molecular weight is 337 g/mol. The summed E-state index contributed by atoms with van der Waals surface area (Å²) < 4.78 is 6.94. The molecule has 0 spiro atoms. The van der Waals surface area contributed by atoms with Crippen molar-refractivity contribution in [3.8, 4) is 11.6 Å². The van der Waals surface area contributed by atoms with Gasteiger partial charge < -0.3 is 4.74 Å². The quantitative estimate of drug-likeness (QED) is 0.774. The van der Waals surface area contributed by atoms with Gasteiger partial charge in [0, 0.05) is 15.3 Å². The zero-order valence-corrected chi connectivity index (χ0v) is 11.5. The second kappa shape index (κ2) is 4.64. The number of benzene rings is 1. The van der Waals surface area contributed by atoms with E-state index in [9.17, 15) is 0 Å². The molecule has 1 aromatic carbocycles. The number of hydrogen-bond donors (Lipinski definition) is 0. The van der Waals surface area contributed by atoms with Crippen LogP contribution in [-0.2, 0) is 12.8 Å². The SMILES string of the molecule is Ic1cccc(Oc2ccc3c(n2)CCC3)c1. The summed E-state index contributed by atoms with van der Waals surface area (Å²) in [6.07, 6.45) is 3.46. The number of aryl methyl sites for hydroxylation is 2. The summed E-state index contributed by atoms with van der Waals surface area (Å²) in [4.78, 5) is 4.55. The number of aromatic nitrogens is 1. The van der Waals surface area contributed by atoms with Crippen LogP contribution in [0.25, 0.3) is 0 Å². The van der Waals surface area contributed by atoms with Crippen LogP contribution < -0.4 is 4.74 Å². The van der Waals surface area contributed by atoms with Crippen LogP contribution in [0.15, 0.2) is 36.4 Å². The van der Waals surface area contributed by atoms with Crippen LogP contribution in [0.3, 0.4) is 0 Å². The Bertz CT molecular complexity index is 554. The molecule has 0 aliphatic heterocycles. The molecule has 2 aromatic rings. The standard InChI is InChI=1S/C14H12INO/c15-11-4-2-5-12(9-11)17-14-8-7-10-3-1-6-13(10)16-14/h2,4-5,7-9H,1,3,6H2. The zero-order chi connectivity index (χ0) is 11.7. The molecule has 86 valence electrons. The number of pyridine rings is 1. The highest BCUT2D eigenvalue weighted by atomic mass is 127. The molecule has 0 bridgehead atoms. The lowest BCUT2D eigenvalue weighted by Crippen LogP contribution is -1.93. The van der Waals surface area contributed by atoms with Gasteiger partial charge in [0.05, 0.1) is 0 Å². The largest absolute Gasteiger partial charge is 0.439 e. The third kappa shape index (κ3) is 2.44. The van der Waals surface area contributed by atoms with Crippen molar-refractivity contribution in [1.29, 1.82) is 0 Å². The molecule has 0 atom stereocenters. The third-order valence-corrected chi connectivity index (χ3v) is 3.59. The molecular weight excluding hydrogens is 325 g/mol. The molecule has 1 aliphatic carbocycles. The number of nitrogens with zero attached hydrogens (tertiary/aromatic N) is 1. The number of ether oxygens (including phenoxy) is 1. The van der Waals surface area contributed by atoms with E-state index in [0.29, 0.717) is 5.88 Å². The Hall–Kier alpha value is -1.10. The monoisotopic (exact) mass is 337 g/mol. The fraction of sp³-hybridized carbons (Fsp3) is 0.214. The zero-order valence-electron chi connectivity index (χ0n) is 9.32. The van der Waals surface area contributed by atoms with Gasteiger partial charge in [-0.25, -0.2) is 4.98 Å². The topological polar surface area (TPSA) is 22.1 Å². The fourth-order valence-electron chi connectivity index (χ4n) is 2.11. The maximum atomic E-state index is 5.77. The van der Waals surface area contributed by atoms with Crippen molar-refractivity contribution in [1.82, 2.24) is 4.98 Å². The number of hydrogen-bond acceptors (Lipinski definition) is 2. The first-order valence-electron chi connectivity index (χ1n) is 5.73. The minimum Gasteiger partial charge on any atom is -0.439 e. The fourth-order valence-corrected chi connectivity index (χ4v) is 2.62. The van der Waals surface area contributed by atoms with Crippen molar-refractivity contribution >= 4 is 22.6 Å². The molecular formula is C14H12INO. The molecule has 0 amide bonds. The summed E-state index contributed by atoms with van der Waals surface area (Å²) in [5.41, 5.74) is 2.58. The van der Waals surface area contributed by atoms with E-state index in [1.807, 2.05) is 30.3 Å². The predicted molar refractivity (Wildman–Crippen MR) is 75.5 cm³/mol. The molecule has 1 heterocycles. The van der Waals surface area contributed by atoms with E-state index in [1.165, 1.54) is 21.2 Å². The Kier molecular flexibility index (Phi) is 3.01. The van der Waals surface area contributed by atoms with E-state index in [-0.39, 0.29) is 0 Å². The van der Waals surface area contributed by atoms with Crippen LogP contribution in [0.2, 0.25) is 0 Å². The lowest BCUT2D eigenvalue weighted by molar-refractivity contribution is 0.460. The highest BCUT2D eigenvalue weighted by Gasteiger charge is 2.13. The molecule has 1 aliphatic rings. The molecule has 0 N–H and O–H groups in total. The van der Waals surface area contributed by atoms with Gasteiger partial charge in [0.25, 0.3) is 0 Å². The van der Waals surface area contributed by atoms with Gasteiger partial charge >= 0.3 is 0 Å². The summed E-state index contributed by atoms with van der Waals surface area (Å²) in [5, 5.41) is 0. The van der Waals surface area contributed by atoms with Gasteiger partial charge in [-0.1, -0.05) is 12.1 Å². The summed E-state index contributed by atoms with van der Waals surface area (Å²) >= 11 is 2.28. The Morgan fingerprint density at radius 1 is 1.12 bits per heavy atom. The van der Waals surface area contributed by atoms with Crippen LogP contribution in [0.1, 0.15) is 17.7 Å². The third-order valence-electron chi connectivity index (χ3n) is 2.92. The van der Waals surface area contributed by atoms with E-state index < -0.39 is 0 Å². The van der Waals surface area contributed by atoms with Gasteiger partial charge in [-0.05, 0) is 65.6 Å². The molecule has 1 aromatic heterocycles. The second-order valence-corrected chi connectivity index (χ2v) is 5.41. The van der Waals surface area contributed by atoms with Crippen molar-refractivity contribution < 1.29 is 4.74 Å². The summed E-state index contributed by atoms with van der Waals surface area (Å²) in [6, 6.07) is 12.1. The molecule has 3 heteroatoms. The normalized spacial score (nSPS) is 13.5. The molecule has 17 heavy (non-hydrogen) atoms. The predicted octanol–water partition coefficient (Wildman–Crippen LogP) is 3.97. The first kappa shape index (κ1) is 11.0. The highest BCUT2D eigenvalue weighted by Crippen LogP contribution is 2.26. The van der Waals surface area contributed by atoms with Crippen molar-refractivity contribution in [2.45, 2.75) is 19.3 Å². The minimum absolute atomic E-state index is 0.702. The summed E-state index contributed by atoms with van der Waals surface area (Å²) in [7, 11) is 0. The maximum absolute atomic E-state index is 5.77. The van der Waals surface area contributed by atoms with Gasteiger partial charge in [-0.2, -0.15) is 0 Å². The highest BCUT2D eigenvalue weighted by molar-refractivity contribution is 14.1. The van der Waals surface area contributed by atoms with Gasteiger partial charge in [0.1, 0.15) is 5.75 Å². The summed E-state index contributed by atoms with van der Waals surface area (Å²) in [5.74, 6) is 1.55. The van der Waals surface area contributed by atoms with E-state index in [1.54, 1.807) is 0 Å². The van der Waals surface area contributed by atoms with E-state index in [4.69, 9.17) is 4.74 Å². The van der Waals surface area contributed by atoms with Crippen LogP contribution >= 0.6 is 22.6 Å². The second-order valence-electron chi connectivity index (χ2n) is 4.17. The Morgan fingerprint density at radius 3 is 2.94 bits per heavy atom. The van der Waals surface area contributed by atoms with Gasteiger partial charge in [0.15, 0.2) is 0 Å². The lowest BCUT2D eigenvalue weighted by Gasteiger charge is -2.06. The smallest absolute Gasteiger partial charge is 0.219 e. The Morgan fingerprint density at radius 2 is 2.06 bits per heavy atom. The molecule has 0 saturated carbocycles. The first-order valence-corrected chi connectivity index (χ1v) is 6.81. The molecule has 2 nitrogen and oxygen atoms in total. The van der Waals surface area contributed by atoms with Gasteiger partial charge in [0.2, 0.25) is 5.88 Å². The van der Waals surface area contributed by atoms with Crippen LogP contribution in [0.5, 0.6) is 11.6 Å². The average Bonchev–Trinajstić information content (AvgIpc) is 2.76. The van der Waals surface area contributed by atoms with Crippen LogP contribution in [-0.4, -0.2) is 4.98 Å². The minimum atomic E-state index is 0.702. The summed E-state index contributed by atoms with van der Waals surface area (Å²) in [6.45, 7) is 0. The van der Waals surface area contributed by atoms with Gasteiger partial charge in [-0.15, -0.1) is 0 Å². The molecule has 0 unspecified atom stereocenters. The molecule has 3 rings (SSSR count). The lowest BCUT2D eigenvalue weighted by atomic mass is 10.2.